The van der Waals surface area contributed by atoms with E-state index in [1.165, 1.54) is 24.9 Å². The zero-order chi connectivity index (χ0) is 12.8. The molecule has 0 aliphatic carbocycles. The van der Waals surface area contributed by atoms with Crippen LogP contribution >= 0.6 is 23.4 Å². The maximum Gasteiger partial charge on any atom is 0.323 e. The van der Waals surface area contributed by atoms with Gasteiger partial charge in [0, 0.05) is 11.5 Å². The van der Waals surface area contributed by atoms with Crippen molar-refractivity contribution < 1.29 is 13.9 Å². The fourth-order valence-electron chi connectivity index (χ4n) is 1.15. The van der Waals surface area contributed by atoms with Crippen LogP contribution in [0.3, 0.4) is 0 Å². The summed E-state index contributed by atoms with van der Waals surface area (Å²) < 4.78 is 17.4. The van der Waals surface area contributed by atoms with Crippen LogP contribution in [0.25, 0.3) is 0 Å². The Morgan fingerprint density at radius 2 is 2.35 bits per heavy atom. The number of hydrogen-bond acceptors (Lipinski definition) is 4. The number of rotatable bonds is 5. The highest BCUT2D eigenvalue weighted by Crippen LogP contribution is 2.20. The van der Waals surface area contributed by atoms with E-state index in [1.54, 1.807) is 12.1 Å². The second kappa shape index (κ2) is 6.83. The minimum Gasteiger partial charge on any atom is -0.468 e. The monoisotopic (exact) mass is 277 g/mol. The molecule has 1 rings (SSSR count). The van der Waals surface area contributed by atoms with Gasteiger partial charge in [0.25, 0.3) is 0 Å². The molecule has 0 saturated heterocycles. The van der Waals surface area contributed by atoms with Crippen LogP contribution in [0, 0.1) is 5.82 Å². The molecule has 94 valence electrons. The Balaban J connectivity index is 2.40. The molecule has 0 spiro atoms. The van der Waals surface area contributed by atoms with Crippen molar-refractivity contribution in [2.75, 3.05) is 12.9 Å². The van der Waals surface area contributed by atoms with Gasteiger partial charge < -0.3 is 10.5 Å². The zero-order valence-corrected chi connectivity index (χ0v) is 10.9. The lowest BCUT2D eigenvalue weighted by Crippen LogP contribution is -2.33. The largest absolute Gasteiger partial charge is 0.468 e. The van der Waals surface area contributed by atoms with Crippen molar-refractivity contribution in [3.05, 3.63) is 34.6 Å². The third-order valence-corrected chi connectivity index (χ3v) is 3.48. The van der Waals surface area contributed by atoms with Crippen molar-refractivity contribution in [2.45, 2.75) is 11.8 Å². The maximum atomic E-state index is 12.9. The fourth-order valence-corrected chi connectivity index (χ4v) is 2.28. The molecule has 0 bridgehead atoms. The number of esters is 1. The van der Waals surface area contributed by atoms with Crippen LogP contribution in [0.4, 0.5) is 4.39 Å². The number of nitrogens with two attached hydrogens (primary N) is 1. The van der Waals surface area contributed by atoms with Gasteiger partial charge in [-0.3, -0.25) is 4.79 Å². The molecule has 1 aromatic rings. The molecule has 0 aliphatic rings. The van der Waals surface area contributed by atoms with Gasteiger partial charge in [0.1, 0.15) is 11.9 Å². The predicted octanol–water partition coefficient (Wildman–Crippen LogP) is 2.21. The number of hydrogen-bond donors (Lipinski definition) is 1. The number of carbonyl (C=O) groups is 1. The standard InChI is InChI=1S/C11H13ClFNO2S/c1-16-11(15)10(14)6-17-5-7-2-3-9(13)8(12)4-7/h2-4,10H,5-6,14H2,1H3. The Bertz CT molecular complexity index is 403. The summed E-state index contributed by atoms with van der Waals surface area (Å²) in [7, 11) is 1.30. The summed E-state index contributed by atoms with van der Waals surface area (Å²) in [4.78, 5) is 11.0. The molecule has 1 atom stereocenters. The Morgan fingerprint density at radius 3 is 2.94 bits per heavy atom. The van der Waals surface area contributed by atoms with Gasteiger partial charge in [0.2, 0.25) is 0 Å². The van der Waals surface area contributed by atoms with Crippen LogP contribution in [0.2, 0.25) is 5.02 Å². The van der Waals surface area contributed by atoms with E-state index in [0.29, 0.717) is 11.5 Å². The molecule has 1 aromatic carbocycles. The molecule has 0 saturated carbocycles. The Labute approximate surface area is 108 Å². The van der Waals surface area contributed by atoms with Crippen molar-refractivity contribution in [3.8, 4) is 0 Å². The molecule has 1 unspecified atom stereocenters. The van der Waals surface area contributed by atoms with Gasteiger partial charge in [0.05, 0.1) is 12.1 Å². The van der Waals surface area contributed by atoms with Crippen molar-refractivity contribution >= 4 is 29.3 Å². The quantitative estimate of drug-likeness (QED) is 0.839. The molecule has 0 radical (unpaired) electrons. The topological polar surface area (TPSA) is 52.3 Å². The van der Waals surface area contributed by atoms with Gasteiger partial charge in [-0.1, -0.05) is 17.7 Å². The van der Waals surface area contributed by atoms with Gasteiger partial charge in [-0.05, 0) is 17.7 Å². The molecule has 17 heavy (non-hydrogen) atoms. The number of thioether (sulfide) groups is 1. The molecule has 0 heterocycles. The van der Waals surface area contributed by atoms with Crippen molar-refractivity contribution in [2.24, 2.45) is 5.73 Å². The maximum absolute atomic E-state index is 12.9. The third kappa shape index (κ3) is 4.53. The molecule has 3 nitrogen and oxygen atoms in total. The van der Waals surface area contributed by atoms with Gasteiger partial charge in [-0.2, -0.15) is 11.8 Å². The summed E-state index contributed by atoms with van der Waals surface area (Å²) in [6.45, 7) is 0. The average Bonchev–Trinajstić information content (AvgIpc) is 2.32. The van der Waals surface area contributed by atoms with E-state index in [2.05, 4.69) is 4.74 Å². The normalized spacial score (nSPS) is 12.2. The first-order valence-corrected chi connectivity index (χ1v) is 6.43. The summed E-state index contributed by atoms with van der Waals surface area (Å²) >= 11 is 7.11. The van der Waals surface area contributed by atoms with E-state index < -0.39 is 17.8 Å². The highest BCUT2D eigenvalue weighted by molar-refractivity contribution is 7.98. The lowest BCUT2D eigenvalue weighted by molar-refractivity contribution is -0.141. The second-order valence-electron chi connectivity index (χ2n) is 3.39. The van der Waals surface area contributed by atoms with E-state index in [-0.39, 0.29) is 5.02 Å². The van der Waals surface area contributed by atoms with Crippen LogP contribution < -0.4 is 5.73 Å². The Morgan fingerprint density at radius 1 is 1.65 bits per heavy atom. The van der Waals surface area contributed by atoms with Crippen LogP contribution in [-0.4, -0.2) is 24.9 Å². The number of ether oxygens (including phenoxy) is 1. The molecule has 0 amide bonds. The van der Waals surface area contributed by atoms with Crippen LogP contribution in [0.5, 0.6) is 0 Å². The smallest absolute Gasteiger partial charge is 0.323 e. The van der Waals surface area contributed by atoms with E-state index in [4.69, 9.17) is 17.3 Å². The van der Waals surface area contributed by atoms with Crippen LogP contribution in [0.1, 0.15) is 5.56 Å². The lowest BCUT2D eigenvalue weighted by Gasteiger charge is -2.08. The SMILES string of the molecule is COC(=O)C(N)CSCc1ccc(F)c(Cl)c1. The van der Waals surface area contributed by atoms with E-state index in [1.807, 2.05) is 0 Å². The Kier molecular flexibility index (Phi) is 5.74. The van der Waals surface area contributed by atoms with Crippen molar-refractivity contribution in [1.82, 2.24) is 0 Å². The highest BCUT2D eigenvalue weighted by Gasteiger charge is 2.13. The van der Waals surface area contributed by atoms with E-state index >= 15 is 0 Å². The number of carbonyl (C=O) groups excluding carboxylic acids is 1. The lowest BCUT2D eigenvalue weighted by atomic mass is 10.2. The Hall–Kier alpha value is -0.780. The fraction of sp³-hybridized carbons (Fsp3) is 0.364. The highest BCUT2D eigenvalue weighted by atomic mass is 35.5. The number of halogens is 2. The van der Waals surface area contributed by atoms with Gasteiger partial charge in [0.15, 0.2) is 0 Å². The van der Waals surface area contributed by atoms with Crippen LogP contribution in [-0.2, 0) is 15.3 Å². The van der Waals surface area contributed by atoms with E-state index in [9.17, 15) is 9.18 Å². The summed E-state index contributed by atoms with van der Waals surface area (Å²) in [5, 5.41) is 0.0976. The molecular formula is C11H13ClFNO2S. The molecule has 0 aromatic heterocycles. The predicted molar refractivity (Wildman–Crippen MR) is 67.6 cm³/mol. The zero-order valence-electron chi connectivity index (χ0n) is 9.28. The third-order valence-electron chi connectivity index (χ3n) is 2.05. The molecule has 0 fully saturated rings. The number of methoxy groups -OCH3 is 1. The first kappa shape index (κ1) is 14.3. The summed E-state index contributed by atoms with van der Waals surface area (Å²) in [5.74, 6) is 0.188. The van der Waals surface area contributed by atoms with Gasteiger partial charge in [-0.25, -0.2) is 4.39 Å². The molecular weight excluding hydrogens is 265 g/mol. The first-order chi connectivity index (χ1) is 8.04. The minimum absolute atomic E-state index is 0.0976. The molecule has 2 N–H and O–H groups in total. The minimum atomic E-state index is -0.638. The first-order valence-electron chi connectivity index (χ1n) is 4.89. The van der Waals surface area contributed by atoms with Gasteiger partial charge >= 0.3 is 5.97 Å². The van der Waals surface area contributed by atoms with E-state index in [0.717, 1.165) is 5.56 Å². The molecule has 0 aliphatic heterocycles. The summed E-state index contributed by atoms with van der Waals surface area (Å²) in [6.07, 6.45) is 0. The van der Waals surface area contributed by atoms with Crippen molar-refractivity contribution in [1.29, 1.82) is 0 Å². The average molecular weight is 278 g/mol. The number of benzene rings is 1. The van der Waals surface area contributed by atoms with Crippen molar-refractivity contribution in [3.63, 3.8) is 0 Å². The summed E-state index contributed by atoms with van der Waals surface area (Å²) in [6, 6.07) is 3.89. The molecule has 6 heteroatoms. The van der Waals surface area contributed by atoms with Crippen LogP contribution in [0.15, 0.2) is 18.2 Å². The second-order valence-corrected chi connectivity index (χ2v) is 4.83. The summed E-state index contributed by atoms with van der Waals surface area (Å²) in [5.41, 5.74) is 6.45. The van der Waals surface area contributed by atoms with Gasteiger partial charge in [-0.15, -0.1) is 0 Å².